The average molecular weight is 388 g/mol. The molecule has 2 atom stereocenters. The molecule has 1 amide bonds. The topological polar surface area (TPSA) is 51.5 Å². The number of alkyl halides is 2. The molecule has 7 heteroatoms. The van der Waals surface area contributed by atoms with E-state index < -0.39 is 6.61 Å². The second-order valence-corrected chi connectivity index (χ2v) is 7.67. The van der Waals surface area contributed by atoms with Crippen molar-refractivity contribution in [1.82, 2.24) is 9.47 Å². The maximum Gasteiger partial charge on any atom is 0.387 e. The summed E-state index contributed by atoms with van der Waals surface area (Å²) in [6, 6.07) is 8.52. The first-order valence-electron chi connectivity index (χ1n) is 9.38. The number of nitrogens with zero attached hydrogens (tertiary/aromatic N) is 2. The molecule has 0 unspecified atom stereocenters. The van der Waals surface area contributed by atoms with Crippen LogP contribution in [0.3, 0.4) is 0 Å². The summed E-state index contributed by atoms with van der Waals surface area (Å²) in [7, 11) is 0. The minimum atomic E-state index is -2.94. The number of carbonyl (C=O) groups is 1. The zero-order valence-electron chi connectivity index (χ0n) is 15.8. The van der Waals surface area contributed by atoms with Crippen LogP contribution in [0.25, 0.3) is 11.1 Å². The van der Waals surface area contributed by atoms with Gasteiger partial charge < -0.3 is 14.2 Å². The third-order valence-electron chi connectivity index (χ3n) is 5.73. The second-order valence-electron chi connectivity index (χ2n) is 7.67. The number of hydrogen-bond donors (Lipinski definition) is 0. The van der Waals surface area contributed by atoms with Crippen molar-refractivity contribution in [2.24, 2.45) is 5.92 Å². The van der Waals surface area contributed by atoms with E-state index >= 15 is 0 Å². The molecule has 1 aromatic heterocycles. The third kappa shape index (κ3) is 3.30. The van der Waals surface area contributed by atoms with E-state index in [4.69, 9.17) is 4.74 Å². The van der Waals surface area contributed by atoms with Crippen molar-refractivity contribution in [3.05, 3.63) is 51.9 Å². The van der Waals surface area contributed by atoms with Gasteiger partial charge in [0.1, 0.15) is 5.75 Å². The van der Waals surface area contributed by atoms with Gasteiger partial charge in [-0.05, 0) is 36.5 Å². The number of piperidine rings is 1. The highest BCUT2D eigenvalue weighted by atomic mass is 19.3. The van der Waals surface area contributed by atoms with Crippen LogP contribution in [0.4, 0.5) is 8.78 Å². The first kappa shape index (κ1) is 18.7. The number of fused-ring (bicyclic) bond motifs is 4. The number of likely N-dealkylation sites (tertiary alicyclic amines) is 1. The molecular weight excluding hydrogens is 366 g/mol. The second kappa shape index (κ2) is 7.04. The van der Waals surface area contributed by atoms with Gasteiger partial charge in [0.05, 0.1) is 0 Å². The van der Waals surface area contributed by atoms with Crippen LogP contribution in [-0.2, 0) is 11.3 Å². The van der Waals surface area contributed by atoms with E-state index in [1.165, 1.54) is 6.07 Å². The summed E-state index contributed by atoms with van der Waals surface area (Å²) < 4.78 is 32.3. The van der Waals surface area contributed by atoms with Crippen LogP contribution in [0.2, 0.25) is 0 Å². The van der Waals surface area contributed by atoms with Crippen molar-refractivity contribution in [2.75, 3.05) is 13.1 Å². The lowest BCUT2D eigenvalue weighted by Crippen LogP contribution is -2.48. The first-order valence-corrected chi connectivity index (χ1v) is 9.38. The van der Waals surface area contributed by atoms with Gasteiger partial charge in [-0.2, -0.15) is 8.78 Å². The Labute approximate surface area is 161 Å². The molecule has 0 N–H and O–H groups in total. The van der Waals surface area contributed by atoms with Crippen LogP contribution in [0, 0.1) is 12.8 Å². The summed E-state index contributed by atoms with van der Waals surface area (Å²) in [5, 5.41) is 0. The predicted molar refractivity (Wildman–Crippen MR) is 101 cm³/mol. The van der Waals surface area contributed by atoms with Gasteiger partial charge in [0, 0.05) is 49.8 Å². The lowest BCUT2D eigenvalue weighted by atomic mass is 9.82. The van der Waals surface area contributed by atoms with E-state index in [1.54, 1.807) is 36.6 Å². The molecular formula is C21H22F2N2O3. The molecule has 2 bridgehead atoms. The third-order valence-corrected chi connectivity index (χ3v) is 5.73. The zero-order chi connectivity index (χ0) is 20.0. The van der Waals surface area contributed by atoms with Crippen LogP contribution in [0.15, 0.2) is 35.1 Å². The summed E-state index contributed by atoms with van der Waals surface area (Å²) in [5.41, 5.74) is 2.32. The fourth-order valence-corrected chi connectivity index (χ4v) is 4.50. The molecule has 0 spiro atoms. The normalized spacial score (nSPS) is 20.8. The molecule has 2 aliphatic rings. The smallest absolute Gasteiger partial charge is 0.387 e. The number of pyridine rings is 1. The Balaban J connectivity index is 1.80. The summed E-state index contributed by atoms with van der Waals surface area (Å²) >= 11 is 0. The number of halogens is 2. The number of benzene rings is 1. The Morgan fingerprint density at radius 3 is 2.71 bits per heavy atom. The SMILES string of the molecule is CC(=O)N1C[C@@H]2C[C@H](C1)c1cc(-c3cccc(C)c3OC(F)F)cc(=O)n1C2. The molecule has 1 saturated heterocycles. The molecule has 0 saturated carbocycles. The number of rotatable bonds is 3. The average Bonchev–Trinajstić information content (AvgIpc) is 2.63. The van der Waals surface area contributed by atoms with Gasteiger partial charge in [-0.15, -0.1) is 0 Å². The Kier molecular flexibility index (Phi) is 4.69. The Morgan fingerprint density at radius 1 is 1.21 bits per heavy atom. The van der Waals surface area contributed by atoms with E-state index in [9.17, 15) is 18.4 Å². The van der Waals surface area contributed by atoms with Gasteiger partial charge >= 0.3 is 6.61 Å². The molecule has 3 heterocycles. The Bertz CT molecular complexity index is 986. The fraction of sp³-hybridized carbons (Fsp3) is 0.429. The minimum absolute atomic E-state index is 0.0351. The van der Waals surface area contributed by atoms with Crippen molar-refractivity contribution < 1.29 is 18.3 Å². The quantitative estimate of drug-likeness (QED) is 0.810. The molecule has 2 aromatic rings. The molecule has 28 heavy (non-hydrogen) atoms. The molecule has 5 nitrogen and oxygen atoms in total. The van der Waals surface area contributed by atoms with E-state index in [2.05, 4.69) is 0 Å². The van der Waals surface area contributed by atoms with E-state index in [0.29, 0.717) is 36.3 Å². The van der Waals surface area contributed by atoms with Crippen molar-refractivity contribution in [3.63, 3.8) is 0 Å². The molecule has 0 radical (unpaired) electrons. The summed E-state index contributed by atoms with van der Waals surface area (Å²) in [6.07, 6.45) is 0.918. The van der Waals surface area contributed by atoms with Gasteiger partial charge in [-0.3, -0.25) is 9.59 Å². The number of para-hydroxylation sites is 1. The number of hydrogen-bond acceptors (Lipinski definition) is 3. The summed E-state index contributed by atoms with van der Waals surface area (Å²) in [5.74, 6) is 0.446. The molecule has 4 rings (SSSR count). The van der Waals surface area contributed by atoms with Gasteiger partial charge in [0.15, 0.2) is 0 Å². The lowest BCUT2D eigenvalue weighted by Gasteiger charge is -2.42. The van der Waals surface area contributed by atoms with Crippen molar-refractivity contribution in [1.29, 1.82) is 0 Å². The molecule has 148 valence electrons. The van der Waals surface area contributed by atoms with Crippen LogP contribution < -0.4 is 10.3 Å². The first-order chi connectivity index (χ1) is 13.3. The molecule has 0 aliphatic carbocycles. The maximum atomic E-state index is 12.9. The standard InChI is InChI=1S/C21H22F2N2O3/c1-12-4-3-5-17(20(12)28-21(22)23)15-7-18-16-6-14(9-24(11-16)13(2)26)10-25(18)19(27)8-15/h3-5,7-8,14,16,21H,6,9-11H2,1-2H3/t14-,16+/m0/s1. The number of amides is 1. The molecule has 1 fully saturated rings. The predicted octanol–water partition coefficient (Wildman–Crippen LogP) is 3.39. The van der Waals surface area contributed by atoms with E-state index in [1.807, 2.05) is 11.0 Å². The Hall–Kier alpha value is -2.70. The van der Waals surface area contributed by atoms with Crippen LogP contribution in [0.5, 0.6) is 5.75 Å². The summed E-state index contributed by atoms with van der Waals surface area (Å²) in [4.78, 5) is 26.5. The largest absolute Gasteiger partial charge is 0.434 e. The van der Waals surface area contributed by atoms with Gasteiger partial charge in [-0.25, -0.2) is 0 Å². The number of aryl methyl sites for hydroxylation is 1. The minimum Gasteiger partial charge on any atom is -0.434 e. The van der Waals surface area contributed by atoms with Crippen LogP contribution in [-0.4, -0.2) is 35.1 Å². The van der Waals surface area contributed by atoms with Crippen molar-refractivity contribution >= 4 is 5.91 Å². The monoisotopic (exact) mass is 388 g/mol. The number of ether oxygens (including phenoxy) is 1. The summed E-state index contributed by atoms with van der Waals surface area (Å²) in [6.45, 7) is 2.13. The highest BCUT2D eigenvalue weighted by Gasteiger charge is 2.35. The van der Waals surface area contributed by atoms with Crippen LogP contribution >= 0.6 is 0 Å². The zero-order valence-corrected chi connectivity index (χ0v) is 15.8. The lowest BCUT2D eigenvalue weighted by molar-refractivity contribution is -0.131. The fourth-order valence-electron chi connectivity index (χ4n) is 4.50. The van der Waals surface area contributed by atoms with Gasteiger partial charge in [0.2, 0.25) is 5.91 Å². The van der Waals surface area contributed by atoms with Crippen molar-refractivity contribution in [3.8, 4) is 16.9 Å². The van der Waals surface area contributed by atoms with Gasteiger partial charge in [-0.1, -0.05) is 18.2 Å². The molecule has 2 aliphatic heterocycles. The van der Waals surface area contributed by atoms with E-state index in [0.717, 1.165) is 12.1 Å². The highest BCUT2D eigenvalue weighted by molar-refractivity contribution is 5.74. The molecule has 1 aromatic carbocycles. The van der Waals surface area contributed by atoms with E-state index in [-0.39, 0.29) is 29.1 Å². The number of carbonyl (C=O) groups excluding carboxylic acids is 1. The Morgan fingerprint density at radius 2 is 2.00 bits per heavy atom. The van der Waals surface area contributed by atoms with Crippen molar-refractivity contribution in [2.45, 2.75) is 39.3 Å². The maximum absolute atomic E-state index is 12.9. The van der Waals surface area contributed by atoms with Gasteiger partial charge in [0.25, 0.3) is 5.56 Å². The van der Waals surface area contributed by atoms with Crippen LogP contribution in [0.1, 0.15) is 30.5 Å². The number of aromatic nitrogens is 1. The highest BCUT2D eigenvalue weighted by Crippen LogP contribution is 2.39.